The van der Waals surface area contributed by atoms with Crippen LogP contribution in [-0.2, 0) is 5.75 Å². The number of thioether (sulfide) groups is 1. The molecule has 0 saturated heterocycles. The summed E-state index contributed by atoms with van der Waals surface area (Å²) in [6.07, 6.45) is 1.76. The van der Waals surface area contributed by atoms with Gasteiger partial charge < -0.3 is 0 Å². The molecule has 0 aliphatic carbocycles. The van der Waals surface area contributed by atoms with Gasteiger partial charge in [0.25, 0.3) is 0 Å². The van der Waals surface area contributed by atoms with Crippen molar-refractivity contribution in [3.8, 4) is 0 Å². The molecular weight excluding hydrogens is 323 g/mol. The van der Waals surface area contributed by atoms with Crippen LogP contribution in [0.5, 0.6) is 0 Å². The first-order valence-electron chi connectivity index (χ1n) is 5.37. The van der Waals surface area contributed by atoms with Gasteiger partial charge in [-0.1, -0.05) is 35.0 Å². The lowest BCUT2D eigenvalue weighted by atomic mass is 10.5. The quantitative estimate of drug-likeness (QED) is 0.678. The van der Waals surface area contributed by atoms with E-state index in [4.69, 9.17) is 23.2 Å². The van der Waals surface area contributed by atoms with Gasteiger partial charge in [-0.05, 0) is 13.0 Å². The van der Waals surface area contributed by atoms with E-state index in [2.05, 4.69) is 15.2 Å². The van der Waals surface area contributed by atoms with E-state index < -0.39 is 0 Å². The Hall–Kier alpha value is -0.820. The van der Waals surface area contributed by atoms with E-state index in [1.165, 1.54) is 0 Å². The average molecular weight is 331 g/mol. The van der Waals surface area contributed by atoms with Crippen LogP contribution in [0.2, 0.25) is 10.0 Å². The number of halogens is 2. The summed E-state index contributed by atoms with van der Waals surface area (Å²) in [5.41, 5.74) is 1.65. The lowest BCUT2D eigenvalue weighted by molar-refractivity contribution is 0.920. The Kier molecular flexibility index (Phi) is 3.66. The van der Waals surface area contributed by atoms with Crippen LogP contribution >= 0.6 is 46.3 Å². The van der Waals surface area contributed by atoms with Gasteiger partial charge in [0.05, 0.1) is 20.7 Å². The molecule has 0 unspecified atom stereocenters. The Labute approximate surface area is 127 Å². The molecule has 0 aromatic carbocycles. The molecule has 0 amide bonds. The fourth-order valence-electron chi connectivity index (χ4n) is 1.61. The normalized spacial score (nSPS) is 11.3. The molecule has 19 heavy (non-hydrogen) atoms. The van der Waals surface area contributed by atoms with Crippen LogP contribution in [0.3, 0.4) is 0 Å². The summed E-state index contributed by atoms with van der Waals surface area (Å²) in [4.78, 5) is 4.41. The van der Waals surface area contributed by atoms with Gasteiger partial charge in [-0.3, -0.25) is 4.40 Å². The number of aryl methyl sites for hydroxylation is 1. The molecule has 0 saturated carbocycles. The summed E-state index contributed by atoms with van der Waals surface area (Å²) in [7, 11) is 0. The predicted octanol–water partition coefficient (Wildman–Crippen LogP) is 4.09. The van der Waals surface area contributed by atoms with Crippen molar-refractivity contribution < 1.29 is 0 Å². The summed E-state index contributed by atoms with van der Waals surface area (Å²) in [6.45, 7) is 1.99. The fourth-order valence-corrected chi connectivity index (χ4v) is 3.64. The molecule has 0 bridgehead atoms. The highest BCUT2D eigenvalue weighted by molar-refractivity contribution is 7.98. The van der Waals surface area contributed by atoms with E-state index in [1.807, 2.05) is 12.3 Å². The third-order valence-corrected chi connectivity index (χ3v) is 4.69. The summed E-state index contributed by atoms with van der Waals surface area (Å²) in [5.74, 6) is 0.745. The summed E-state index contributed by atoms with van der Waals surface area (Å²) < 4.78 is 1.80. The highest BCUT2D eigenvalue weighted by Crippen LogP contribution is 2.27. The molecule has 0 aliphatic heterocycles. The molecule has 0 radical (unpaired) electrons. The molecule has 0 spiro atoms. The number of nitrogens with zero attached hydrogens (tertiary/aromatic N) is 4. The first kappa shape index (κ1) is 13.2. The zero-order valence-electron chi connectivity index (χ0n) is 9.80. The third kappa shape index (κ3) is 2.72. The van der Waals surface area contributed by atoms with Gasteiger partial charge in [-0.2, -0.15) is 0 Å². The zero-order valence-corrected chi connectivity index (χ0v) is 12.9. The number of fused-ring (bicyclic) bond motifs is 1. The van der Waals surface area contributed by atoms with Crippen LogP contribution in [0.4, 0.5) is 0 Å². The fraction of sp³-hybridized carbons (Fsp3) is 0.182. The molecule has 0 aliphatic rings. The Morgan fingerprint density at radius 1 is 1.37 bits per heavy atom. The monoisotopic (exact) mass is 330 g/mol. The highest BCUT2D eigenvalue weighted by Gasteiger charge is 2.11. The van der Waals surface area contributed by atoms with Gasteiger partial charge in [0, 0.05) is 17.3 Å². The van der Waals surface area contributed by atoms with Crippen LogP contribution in [0.25, 0.3) is 5.65 Å². The molecule has 0 atom stereocenters. The van der Waals surface area contributed by atoms with E-state index >= 15 is 0 Å². The molecule has 3 aromatic heterocycles. The Bertz CT molecular complexity index is 737. The topological polar surface area (TPSA) is 43.1 Å². The first-order valence-corrected chi connectivity index (χ1v) is 7.99. The van der Waals surface area contributed by atoms with Gasteiger partial charge >= 0.3 is 0 Å². The Morgan fingerprint density at radius 3 is 2.95 bits per heavy atom. The van der Waals surface area contributed by atoms with Crippen LogP contribution in [0.15, 0.2) is 22.8 Å². The van der Waals surface area contributed by atoms with Crippen molar-refractivity contribution in [2.45, 2.75) is 17.8 Å². The van der Waals surface area contributed by atoms with Crippen LogP contribution in [0.1, 0.15) is 10.7 Å². The molecule has 4 nitrogen and oxygen atoms in total. The van der Waals surface area contributed by atoms with Gasteiger partial charge in [-0.15, -0.1) is 21.5 Å². The Balaban J connectivity index is 1.89. The number of rotatable bonds is 3. The lowest BCUT2D eigenvalue weighted by Crippen LogP contribution is -1.89. The second kappa shape index (κ2) is 5.28. The van der Waals surface area contributed by atoms with Crippen molar-refractivity contribution in [2.75, 3.05) is 0 Å². The lowest BCUT2D eigenvalue weighted by Gasteiger charge is -2.00. The molecule has 3 rings (SSSR count). The molecule has 8 heteroatoms. The minimum atomic E-state index is 0.497. The summed E-state index contributed by atoms with van der Waals surface area (Å²) in [6, 6.07) is 1.66. The number of aromatic nitrogens is 4. The van der Waals surface area contributed by atoms with Gasteiger partial charge in [0.1, 0.15) is 0 Å². The van der Waals surface area contributed by atoms with Crippen LogP contribution in [-0.4, -0.2) is 19.6 Å². The molecular formula is C11H8Cl2N4S2. The number of thiazole rings is 1. The van der Waals surface area contributed by atoms with Crippen LogP contribution < -0.4 is 0 Å². The second-order valence-electron chi connectivity index (χ2n) is 3.83. The highest BCUT2D eigenvalue weighted by atomic mass is 35.5. The van der Waals surface area contributed by atoms with Crippen molar-refractivity contribution in [2.24, 2.45) is 0 Å². The van der Waals surface area contributed by atoms with E-state index in [-0.39, 0.29) is 0 Å². The van der Waals surface area contributed by atoms with E-state index in [9.17, 15) is 0 Å². The maximum Gasteiger partial charge on any atom is 0.196 e. The van der Waals surface area contributed by atoms with Gasteiger partial charge in [-0.25, -0.2) is 4.98 Å². The first-order chi connectivity index (χ1) is 9.13. The molecule has 98 valence electrons. The molecule has 3 heterocycles. The molecule has 3 aromatic rings. The smallest absolute Gasteiger partial charge is 0.196 e. The van der Waals surface area contributed by atoms with Crippen molar-refractivity contribution in [1.82, 2.24) is 19.6 Å². The standard InChI is InChI=1S/C11H8Cl2N4S2/c1-6-14-8(4-18-6)5-19-11-16-15-10-9(13)2-7(12)3-17(10)11/h2-4H,5H2,1H3. The minimum Gasteiger partial charge on any atom is -0.275 e. The second-order valence-corrected chi connectivity index (χ2v) is 6.68. The van der Waals surface area contributed by atoms with Gasteiger partial charge in [0.15, 0.2) is 10.8 Å². The maximum atomic E-state index is 6.07. The predicted molar refractivity (Wildman–Crippen MR) is 79.4 cm³/mol. The van der Waals surface area contributed by atoms with Crippen molar-refractivity contribution in [3.05, 3.63) is 38.4 Å². The number of hydrogen-bond donors (Lipinski definition) is 0. The maximum absolute atomic E-state index is 6.07. The summed E-state index contributed by atoms with van der Waals surface area (Å²) >= 11 is 15.3. The van der Waals surface area contributed by atoms with Crippen molar-refractivity contribution in [3.63, 3.8) is 0 Å². The average Bonchev–Trinajstić information content (AvgIpc) is 2.93. The Morgan fingerprint density at radius 2 is 2.21 bits per heavy atom. The number of hydrogen-bond acceptors (Lipinski definition) is 5. The minimum absolute atomic E-state index is 0.497. The van der Waals surface area contributed by atoms with Gasteiger partial charge in [0.2, 0.25) is 0 Å². The van der Waals surface area contributed by atoms with Crippen LogP contribution in [0, 0.1) is 6.92 Å². The van der Waals surface area contributed by atoms with E-state index in [0.29, 0.717) is 15.7 Å². The number of pyridine rings is 1. The van der Waals surface area contributed by atoms with E-state index in [1.54, 1.807) is 39.8 Å². The third-order valence-electron chi connectivity index (χ3n) is 2.41. The molecule has 0 fully saturated rings. The largest absolute Gasteiger partial charge is 0.275 e. The summed E-state index contributed by atoms with van der Waals surface area (Å²) in [5, 5.41) is 13.1. The van der Waals surface area contributed by atoms with Crippen molar-refractivity contribution >= 4 is 51.9 Å². The SMILES string of the molecule is Cc1nc(CSc2nnc3c(Cl)cc(Cl)cn23)cs1. The van der Waals surface area contributed by atoms with Crippen molar-refractivity contribution in [1.29, 1.82) is 0 Å². The molecule has 0 N–H and O–H groups in total. The van der Waals surface area contributed by atoms with E-state index in [0.717, 1.165) is 21.6 Å². The zero-order chi connectivity index (χ0) is 13.4.